The molecule has 3 rings (SSSR count). The van der Waals surface area contributed by atoms with Gasteiger partial charge in [0.05, 0.1) is 4.47 Å². The zero-order valence-electron chi connectivity index (χ0n) is 9.32. The van der Waals surface area contributed by atoms with E-state index in [0.29, 0.717) is 15.6 Å². The molecule has 0 radical (unpaired) electrons. The molecule has 0 unspecified atom stereocenters. The highest BCUT2D eigenvalue weighted by Gasteiger charge is 2.15. The second-order valence-electron chi connectivity index (χ2n) is 3.90. The largest absolute Gasteiger partial charge is 0.503 e. The van der Waals surface area contributed by atoms with Crippen LogP contribution in [-0.2, 0) is 0 Å². The smallest absolute Gasteiger partial charge is 0.227 e. The van der Waals surface area contributed by atoms with E-state index in [1.165, 1.54) is 0 Å². The minimum absolute atomic E-state index is 0.0831. The van der Waals surface area contributed by atoms with Gasteiger partial charge in [-0.25, -0.2) is 13.8 Å². The lowest BCUT2D eigenvalue weighted by Gasteiger charge is -2.00. The number of hydrogen-bond acceptors (Lipinski definition) is 3. The quantitative estimate of drug-likeness (QED) is 0.727. The van der Waals surface area contributed by atoms with E-state index in [1.807, 2.05) is 0 Å². The molecule has 0 aliphatic rings. The number of fused-ring (bicyclic) bond motifs is 1. The topological polar surface area (TPSA) is 46.3 Å². The Kier molecular flexibility index (Phi) is 2.74. The van der Waals surface area contributed by atoms with Crippen LogP contribution in [-0.4, -0.2) is 10.1 Å². The van der Waals surface area contributed by atoms with Crippen molar-refractivity contribution in [3.63, 3.8) is 0 Å². The summed E-state index contributed by atoms with van der Waals surface area (Å²) in [6.07, 6.45) is 0. The Bertz CT molecular complexity index is 762. The van der Waals surface area contributed by atoms with Crippen molar-refractivity contribution in [2.45, 2.75) is 0 Å². The first kappa shape index (κ1) is 12.1. The van der Waals surface area contributed by atoms with Gasteiger partial charge in [-0.15, -0.1) is 0 Å². The lowest BCUT2D eigenvalue weighted by molar-refractivity contribution is 0.396. The predicted molar refractivity (Wildman–Crippen MR) is 68.7 cm³/mol. The summed E-state index contributed by atoms with van der Waals surface area (Å²) in [5.41, 5.74) is 1.18. The molecule has 1 aromatic heterocycles. The number of aromatic nitrogens is 1. The Morgan fingerprint density at radius 2 is 1.84 bits per heavy atom. The number of phenols is 1. The molecule has 6 heteroatoms. The average molecular weight is 326 g/mol. The van der Waals surface area contributed by atoms with Crippen molar-refractivity contribution < 1.29 is 18.3 Å². The molecule has 0 aliphatic carbocycles. The summed E-state index contributed by atoms with van der Waals surface area (Å²) < 4.78 is 32.7. The molecule has 0 aliphatic heterocycles. The summed E-state index contributed by atoms with van der Waals surface area (Å²) in [6, 6.07) is 7.21. The third-order valence-corrected chi connectivity index (χ3v) is 3.26. The van der Waals surface area contributed by atoms with Gasteiger partial charge in [0, 0.05) is 5.56 Å². The first-order valence-corrected chi connectivity index (χ1v) is 6.09. The van der Waals surface area contributed by atoms with Gasteiger partial charge in [-0.2, -0.15) is 0 Å². The van der Waals surface area contributed by atoms with Crippen LogP contribution >= 0.6 is 15.9 Å². The maximum atomic E-state index is 13.3. The maximum absolute atomic E-state index is 13.3. The summed E-state index contributed by atoms with van der Waals surface area (Å²) in [5.74, 6) is -3.05. The Hall–Kier alpha value is -1.95. The van der Waals surface area contributed by atoms with Crippen LogP contribution in [0.25, 0.3) is 22.6 Å². The van der Waals surface area contributed by atoms with E-state index in [2.05, 4.69) is 20.9 Å². The minimum atomic E-state index is -1.06. The molecule has 1 N–H and O–H groups in total. The molecule has 0 bridgehead atoms. The van der Waals surface area contributed by atoms with Gasteiger partial charge in [0.15, 0.2) is 23.0 Å². The molecule has 0 fully saturated rings. The Morgan fingerprint density at radius 3 is 2.47 bits per heavy atom. The van der Waals surface area contributed by atoms with E-state index in [1.54, 1.807) is 18.2 Å². The molecule has 96 valence electrons. The van der Waals surface area contributed by atoms with E-state index >= 15 is 0 Å². The Morgan fingerprint density at radius 1 is 1.16 bits per heavy atom. The number of nitrogens with zero attached hydrogens (tertiary/aromatic N) is 1. The Balaban J connectivity index is 2.22. The minimum Gasteiger partial charge on any atom is -0.503 e. The van der Waals surface area contributed by atoms with E-state index in [0.717, 1.165) is 12.1 Å². The number of hydrogen-bond donors (Lipinski definition) is 1. The predicted octanol–water partition coefficient (Wildman–Crippen LogP) is 4.24. The fourth-order valence-corrected chi connectivity index (χ4v) is 2.16. The standard InChI is InChI=1S/C13H6BrF2NO2/c14-7-2-1-3-10-12(7)19-13(17-10)6-4-8(15)11(18)9(16)5-6/h1-5,18H. The van der Waals surface area contributed by atoms with Crippen molar-refractivity contribution in [2.24, 2.45) is 0 Å². The molecular formula is C13H6BrF2NO2. The first-order valence-electron chi connectivity index (χ1n) is 5.29. The van der Waals surface area contributed by atoms with Gasteiger partial charge in [0.25, 0.3) is 0 Å². The van der Waals surface area contributed by atoms with Crippen molar-refractivity contribution in [1.29, 1.82) is 0 Å². The van der Waals surface area contributed by atoms with Crippen LogP contribution in [0.3, 0.4) is 0 Å². The van der Waals surface area contributed by atoms with Crippen LogP contribution in [0, 0.1) is 11.6 Å². The zero-order valence-corrected chi connectivity index (χ0v) is 10.9. The van der Waals surface area contributed by atoms with Crippen molar-refractivity contribution in [1.82, 2.24) is 4.98 Å². The van der Waals surface area contributed by atoms with Crippen LogP contribution in [0.2, 0.25) is 0 Å². The second-order valence-corrected chi connectivity index (χ2v) is 4.75. The lowest BCUT2D eigenvalue weighted by atomic mass is 10.2. The SMILES string of the molecule is Oc1c(F)cc(-c2nc3cccc(Br)c3o2)cc1F. The molecule has 0 spiro atoms. The summed E-state index contributed by atoms with van der Waals surface area (Å²) >= 11 is 3.30. The molecule has 0 saturated heterocycles. The molecule has 3 nitrogen and oxygen atoms in total. The lowest BCUT2D eigenvalue weighted by Crippen LogP contribution is -1.86. The monoisotopic (exact) mass is 325 g/mol. The van der Waals surface area contributed by atoms with E-state index in [9.17, 15) is 8.78 Å². The number of aromatic hydroxyl groups is 1. The van der Waals surface area contributed by atoms with E-state index in [-0.39, 0.29) is 11.5 Å². The molecule has 0 atom stereocenters. The third kappa shape index (κ3) is 1.98. The number of rotatable bonds is 1. The van der Waals surface area contributed by atoms with Gasteiger partial charge in [0.1, 0.15) is 5.52 Å². The number of phenolic OH excluding ortho intramolecular Hbond substituents is 1. The van der Waals surface area contributed by atoms with Gasteiger partial charge in [0.2, 0.25) is 5.89 Å². The van der Waals surface area contributed by atoms with Crippen LogP contribution in [0.15, 0.2) is 39.2 Å². The van der Waals surface area contributed by atoms with Crippen LogP contribution < -0.4 is 0 Å². The molecule has 3 aromatic rings. The molecule has 1 heterocycles. The number of benzene rings is 2. The highest BCUT2D eigenvalue weighted by Crippen LogP contribution is 2.32. The maximum Gasteiger partial charge on any atom is 0.227 e. The molecule has 2 aromatic carbocycles. The summed E-state index contributed by atoms with van der Waals surface area (Å²) in [5, 5.41) is 9.05. The Labute approximate surface area is 114 Å². The van der Waals surface area contributed by atoms with E-state index in [4.69, 9.17) is 9.52 Å². The van der Waals surface area contributed by atoms with Crippen LogP contribution in [0.1, 0.15) is 0 Å². The average Bonchev–Trinajstić information content (AvgIpc) is 2.81. The fourth-order valence-electron chi connectivity index (χ4n) is 1.73. The van der Waals surface area contributed by atoms with Gasteiger partial charge in [-0.05, 0) is 40.2 Å². The molecule has 0 saturated carbocycles. The van der Waals surface area contributed by atoms with Crippen molar-refractivity contribution in [3.8, 4) is 17.2 Å². The van der Waals surface area contributed by atoms with Gasteiger partial charge < -0.3 is 9.52 Å². The third-order valence-electron chi connectivity index (χ3n) is 2.63. The molecule has 19 heavy (non-hydrogen) atoms. The van der Waals surface area contributed by atoms with Gasteiger partial charge in [-0.3, -0.25) is 0 Å². The fraction of sp³-hybridized carbons (Fsp3) is 0. The van der Waals surface area contributed by atoms with Crippen molar-refractivity contribution in [3.05, 3.63) is 46.4 Å². The second kappa shape index (κ2) is 4.31. The van der Waals surface area contributed by atoms with Crippen molar-refractivity contribution in [2.75, 3.05) is 0 Å². The number of oxazole rings is 1. The van der Waals surface area contributed by atoms with Gasteiger partial charge >= 0.3 is 0 Å². The van der Waals surface area contributed by atoms with Crippen molar-refractivity contribution >= 4 is 27.0 Å². The summed E-state index contributed by atoms with van der Waals surface area (Å²) in [7, 11) is 0. The highest BCUT2D eigenvalue weighted by atomic mass is 79.9. The highest BCUT2D eigenvalue weighted by molar-refractivity contribution is 9.10. The zero-order chi connectivity index (χ0) is 13.6. The van der Waals surface area contributed by atoms with Crippen LogP contribution in [0.4, 0.5) is 8.78 Å². The summed E-state index contributed by atoms with van der Waals surface area (Å²) in [4.78, 5) is 4.14. The van der Waals surface area contributed by atoms with Gasteiger partial charge in [-0.1, -0.05) is 6.07 Å². The molecular weight excluding hydrogens is 320 g/mol. The molecule has 0 amide bonds. The number of para-hydroxylation sites is 1. The normalized spacial score (nSPS) is 11.1. The van der Waals surface area contributed by atoms with Crippen LogP contribution in [0.5, 0.6) is 5.75 Å². The summed E-state index contributed by atoms with van der Waals surface area (Å²) in [6.45, 7) is 0. The number of halogens is 3. The van der Waals surface area contributed by atoms with E-state index < -0.39 is 17.4 Å². The first-order chi connectivity index (χ1) is 9.06.